The quantitative estimate of drug-likeness (QED) is 0.412. The third-order valence-electron chi connectivity index (χ3n) is 3.72. The van der Waals surface area contributed by atoms with Gasteiger partial charge < -0.3 is 20.1 Å². The van der Waals surface area contributed by atoms with Crippen molar-refractivity contribution >= 4 is 29.9 Å². The van der Waals surface area contributed by atoms with E-state index in [0.717, 1.165) is 29.0 Å². The van der Waals surface area contributed by atoms with Crippen LogP contribution in [0.2, 0.25) is 0 Å². The Morgan fingerprint density at radius 2 is 1.92 bits per heavy atom. The normalized spacial score (nSPS) is 12.5. The minimum Gasteiger partial charge on any atom is -0.454 e. The summed E-state index contributed by atoms with van der Waals surface area (Å²) in [5.41, 5.74) is 2.03. The number of halogens is 2. The lowest BCUT2D eigenvalue weighted by atomic mass is 10.1. The van der Waals surface area contributed by atoms with Gasteiger partial charge in [0.25, 0.3) is 0 Å². The van der Waals surface area contributed by atoms with Crippen LogP contribution in [0.1, 0.15) is 11.1 Å². The van der Waals surface area contributed by atoms with E-state index < -0.39 is 0 Å². The van der Waals surface area contributed by atoms with E-state index in [1.807, 2.05) is 24.3 Å². The smallest absolute Gasteiger partial charge is 0.231 e. The Bertz CT molecular complexity index is 740. The van der Waals surface area contributed by atoms with Gasteiger partial charge in [-0.05, 0) is 41.8 Å². The maximum Gasteiger partial charge on any atom is 0.231 e. The molecule has 0 radical (unpaired) electrons. The zero-order chi connectivity index (χ0) is 16.8. The lowest BCUT2D eigenvalue weighted by molar-refractivity contribution is 0.174. The van der Waals surface area contributed by atoms with Crippen LogP contribution in [-0.2, 0) is 13.0 Å². The highest BCUT2D eigenvalue weighted by molar-refractivity contribution is 14.0. The summed E-state index contributed by atoms with van der Waals surface area (Å²) in [4.78, 5) is 4.19. The summed E-state index contributed by atoms with van der Waals surface area (Å²) in [7, 11) is 1.72. The van der Waals surface area contributed by atoms with Crippen LogP contribution in [0.15, 0.2) is 47.5 Å². The molecule has 5 nitrogen and oxygen atoms in total. The summed E-state index contributed by atoms with van der Waals surface area (Å²) in [6.07, 6.45) is 0.725. The van der Waals surface area contributed by atoms with Gasteiger partial charge in [0, 0.05) is 20.1 Å². The largest absolute Gasteiger partial charge is 0.454 e. The third-order valence-corrected chi connectivity index (χ3v) is 3.72. The number of nitrogens with one attached hydrogen (secondary N) is 2. The van der Waals surface area contributed by atoms with E-state index in [1.165, 1.54) is 6.07 Å². The van der Waals surface area contributed by atoms with Gasteiger partial charge in [-0.15, -0.1) is 24.0 Å². The second-order valence-electron chi connectivity index (χ2n) is 5.42. The van der Waals surface area contributed by atoms with E-state index in [1.54, 1.807) is 19.2 Å². The van der Waals surface area contributed by atoms with Crippen LogP contribution >= 0.6 is 24.0 Å². The molecule has 2 aromatic carbocycles. The number of rotatable bonds is 5. The first-order valence-corrected chi connectivity index (χ1v) is 7.82. The Balaban J connectivity index is 0.00000225. The van der Waals surface area contributed by atoms with E-state index in [-0.39, 0.29) is 36.6 Å². The standard InChI is InChI=1S/C18H20FN3O2.HI/c1-20-18(21-8-7-13-3-2-4-15(19)9-13)22-11-14-5-6-16-17(10-14)24-12-23-16;/h2-6,9-10H,7-8,11-12H2,1H3,(H2,20,21,22);1H. The highest BCUT2D eigenvalue weighted by Crippen LogP contribution is 2.32. The molecule has 0 spiro atoms. The fraction of sp³-hybridized carbons (Fsp3) is 0.278. The van der Waals surface area contributed by atoms with Gasteiger partial charge in [0.1, 0.15) is 5.82 Å². The average Bonchev–Trinajstić information content (AvgIpc) is 3.05. The Labute approximate surface area is 163 Å². The molecule has 2 aromatic rings. The molecule has 0 bridgehead atoms. The number of fused-ring (bicyclic) bond motifs is 1. The molecule has 3 rings (SSSR count). The van der Waals surface area contributed by atoms with Crippen LogP contribution < -0.4 is 20.1 Å². The van der Waals surface area contributed by atoms with Crippen molar-refractivity contribution in [2.75, 3.05) is 20.4 Å². The Kier molecular flexibility index (Phi) is 7.30. The molecule has 1 aliphatic rings. The molecule has 0 saturated carbocycles. The number of nitrogens with zero attached hydrogens (tertiary/aromatic N) is 1. The predicted octanol–water partition coefficient (Wildman–Crippen LogP) is 3.08. The molecular formula is C18H21FIN3O2. The van der Waals surface area contributed by atoms with Gasteiger partial charge in [0.15, 0.2) is 17.5 Å². The summed E-state index contributed by atoms with van der Waals surface area (Å²) in [6, 6.07) is 12.5. The Morgan fingerprint density at radius 3 is 2.72 bits per heavy atom. The summed E-state index contributed by atoms with van der Waals surface area (Å²) in [5, 5.41) is 6.46. The molecule has 0 amide bonds. The van der Waals surface area contributed by atoms with E-state index in [4.69, 9.17) is 9.47 Å². The third kappa shape index (κ3) is 5.48. The molecule has 25 heavy (non-hydrogen) atoms. The second kappa shape index (κ2) is 9.45. The maximum absolute atomic E-state index is 13.1. The molecule has 0 aromatic heterocycles. The topological polar surface area (TPSA) is 54.9 Å². The number of ether oxygens (including phenoxy) is 2. The van der Waals surface area contributed by atoms with Crippen LogP contribution in [0.5, 0.6) is 11.5 Å². The highest BCUT2D eigenvalue weighted by atomic mass is 127. The zero-order valence-corrected chi connectivity index (χ0v) is 16.3. The Hall–Kier alpha value is -2.03. The molecule has 2 N–H and O–H groups in total. The fourth-order valence-corrected chi connectivity index (χ4v) is 2.48. The number of hydrogen-bond donors (Lipinski definition) is 2. The Morgan fingerprint density at radius 1 is 1.08 bits per heavy atom. The van der Waals surface area contributed by atoms with Gasteiger partial charge >= 0.3 is 0 Å². The molecule has 0 saturated heterocycles. The van der Waals surface area contributed by atoms with Gasteiger partial charge in [-0.2, -0.15) is 0 Å². The van der Waals surface area contributed by atoms with E-state index in [0.29, 0.717) is 19.0 Å². The lowest BCUT2D eigenvalue weighted by Crippen LogP contribution is -2.37. The van der Waals surface area contributed by atoms with Crippen molar-refractivity contribution in [1.29, 1.82) is 0 Å². The summed E-state index contributed by atoms with van der Waals surface area (Å²) in [5.74, 6) is 2.03. The second-order valence-corrected chi connectivity index (χ2v) is 5.42. The van der Waals surface area contributed by atoms with Gasteiger partial charge in [-0.3, -0.25) is 4.99 Å². The molecule has 0 atom stereocenters. The lowest BCUT2D eigenvalue weighted by Gasteiger charge is -2.12. The van der Waals surface area contributed by atoms with Gasteiger partial charge in [0.05, 0.1) is 0 Å². The molecule has 0 fully saturated rings. The van der Waals surface area contributed by atoms with Crippen LogP contribution in [-0.4, -0.2) is 26.3 Å². The van der Waals surface area contributed by atoms with Gasteiger partial charge in [-0.25, -0.2) is 4.39 Å². The SMILES string of the molecule is CN=C(NCCc1cccc(F)c1)NCc1ccc2c(c1)OCO2.I. The van der Waals surface area contributed by atoms with Gasteiger partial charge in [0.2, 0.25) is 6.79 Å². The summed E-state index contributed by atoms with van der Waals surface area (Å²) in [6.45, 7) is 1.57. The van der Waals surface area contributed by atoms with Crippen LogP contribution in [0, 0.1) is 5.82 Å². The van der Waals surface area contributed by atoms with Crippen molar-refractivity contribution in [3.8, 4) is 11.5 Å². The van der Waals surface area contributed by atoms with Crippen molar-refractivity contribution in [3.05, 3.63) is 59.4 Å². The van der Waals surface area contributed by atoms with Crippen molar-refractivity contribution in [2.24, 2.45) is 4.99 Å². The minimum atomic E-state index is -0.210. The first kappa shape index (κ1) is 19.3. The number of guanidine groups is 1. The monoisotopic (exact) mass is 457 g/mol. The van der Waals surface area contributed by atoms with Crippen molar-refractivity contribution < 1.29 is 13.9 Å². The first-order valence-electron chi connectivity index (χ1n) is 7.82. The van der Waals surface area contributed by atoms with Crippen LogP contribution in [0.3, 0.4) is 0 Å². The molecule has 1 heterocycles. The van der Waals surface area contributed by atoms with Crippen LogP contribution in [0.4, 0.5) is 4.39 Å². The number of aliphatic imine (C=N–C) groups is 1. The van der Waals surface area contributed by atoms with Crippen molar-refractivity contribution in [3.63, 3.8) is 0 Å². The van der Waals surface area contributed by atoms with E-state index in [9.17, 15) is 4.39 Å². The summed E-state index contributed by atoms with van der Waals surface area (Å²) < 4.78 is 23.8. The molecule has 7 heteroatoms. The van der Waals surface area contributed by atoms with Crippen molar-refractivity contribution in [1.82, 2.24) is 10.6 Å². The highest BCUT2D eigenvalue weighted by Gasteiger charge is 2.13. The average molecular weight is 457 g/mol. The fourth-order valence-electron chi connectivity index (χ4n) is 2.48. The first-order chi connectivity index (χ1) is 11.7. The molecule has 134 valence electrons. The summed E-state index contributed by atoms with van der Waals surface area (Å²) >= 11 is 0. The molecular weight excluding hydrogens is 436 g/mol. The zero-order valence-electron chi connectivity index (χ0n) is 13.9. The number of benzene rings is 2. The van der Waals surface area contributed by atoms with Crippen LogP contribution in [0.25, 0.3) is 0 Å². The van der Waals surface area contributed by atoms with Gasteiger partial charge in [-0.1, -0.05) is 18.2 Å². The molecule has 1 aliphatic heterocycles. The number of hydrogen-bond acceptors (Lipinski definition) is 3. The van der Waals surface area contributed by atoms with Crippen molar-refractivity contribution in [2.45, 2.75) is 13.0 Å². The minimum absolute atomic E-state index is 0. The molecule has 0 aliphatic carbocycles. The predicted molar refractivity (Wildman–Crippen MR) is 106 cm³/mol. The maximum atomic E-state index is 13.1. The van der Waals surface area contributed by atoms with E-state index in [2.05, 4.69) is 15.6 Å². The molecule has 0 unspecified atom stereocenters. The van der Waals surface area contributed by atoms with E-state index >= 15 is 0 Å².